The standard InChI is InChI=1S/C27H40O3.C27H44O3.2C27H40O2.C27H40O/c1-15(2)22(29)9-6-16(3)18-7-8-19-23-20(11-13-26(18,19)4)27(5)12-10-17(28)14-21(27)24-25(23)30-24;1-16(2)23(29)9-6-17(3)20-7-8-21-25-22(11-13-27(20,21)5)26(4)12-10-19(28)14-18(26)15-24(25)30;1-17(6-11-24-25(2,3)29-24)21-9-10-22-20-8-7-18-16-19(28)12-14-26(18,4)23(20)13-15-27(21,22)5;1-17(2)25(29)11-6-18(3)22-9-10-23-21-8-7-19-16-20(28)12-14-26(19,4)24(21)13-15-27(22,23)5;1-18(2)7-6-8-19(3)23-11-12-24-22-10-9-20-17-21(28)13-15-26(20,4)25(22)14-16-27(23,24)5/h14-16,18-20,23-25H,6-13H2,1-5H3;16-18,20-22,24-25,30H,6-15H2,1-5H3;7-8,16-17,20-24H,6,9-15H2,1-5H3;7-8,16-18,21-24H,6,9-15H2,1-5H3;7,9-10,17,19,22-25H,6,8,11-16H2,1-5H3/t16-,18-,19+,20+,23+,24?,25?,26-,27-;17-,18+,20-,21+,22+,24?,25+,26+,27-;17-,20+,21-,22+,23+,24?,26+,27-;18-,21+,22-,23+,24+,26+,27-;19-,22+,23-,24+,25+,26+,27-/m11111/s1. The Hall–Kier alpha value is -4.84. The molecule has 4 unspecified atom stereocenters. The summed E-state index contributed by atoms with van der Waals surface area (Å²) in [5.74, 6) is 21.6. The monoisotopic (exact) mass is 2000 g/mol. The summed E-state index contributed by atoms with van der Waals surface area (Å²) in [6.07, 6.45) is 73.1. The van der Waals surface area contributed by atoms with Crippen LogP contribution in [0.5, 0.6) is 0 Å². The van der Waals surface area contributed by atoms with Crippen molar-refractivity contribution < 1.29 is 52.9 Å². The van der Waals surface area contributed by atoms with E-state index in [4.69, 9.17) is 9.47 Å². The van der Waals surface area contributed by atoms with Crippen molar-refractivity contribution in [3.8, 4) is 0 Å². The Bertz CT molecular complexity index is 5140. The molecule has 40 atom stereocenters. The molecule has 2 saturated heterocycles. The molecule has 2 heterocycles. The SMILES string of the molecule is CC(C)=CCC[C@@H](C)[C@H]1CC[C@H]2[C@@H]3C=CC4=CC(=O)CC[C@]4(C)[C@H]3CC[C@]12C.CC(C)C(=O)CC[C@@H](C)[C@H]1CC[C@H]2[C@@H]3C(O)C[C@@H]4CC(=O)CC[C@]4(C)[C@H]3CC[C@]12C.CC(C)C(=O)CC[C@@H](C)[C@H]1CC[C@H]2[C@@H]3C4OC4C4=CC(=O)CC[C@]4(C)[C@H]3CC[C@]12C.CC(C)C(=O)CC[C@@H](C)[C@H]1CC[C@H]2[C@@H]3C=CC4=CC(=O)CC[C@]4(C)[C@H]3CC[C@]12C.C[C@H](CCC1OC1(C)C)[C@H]1CC[C@H]2[C@@H]3C=CC4=CC(=O)CC[C@]4(C)[C@H]3CC[C@]12C. The summed E-state index contributed by atoms with van der Waals surface area (Å²) in [5, 5.41) is 11.3. The number of hydrogen-bond donors (Lipinski definition) is 1. The second-order valence-corrected chi connectivity index (χ2v) is 59.4. The number of ether oxygens (including phenoxy) is 2. The first kappa shape index (κ1) is 111. The lowest BCUT2D eigenvalue weighted by atomic mass is 9.44. The number of fused-ring (bicyclic) bond motifs is 28. The number of rotatable bonds is 23. The number of aliphatic hydroxyl groups excluding tert-OH is 1. The van der Waals surface area contributed by atoms with Crippen LogP contribution in [0.1, 0.15) is 443 Å². The molecule has 20 aliphatic carbocycles. The van der Waals surface area contributed by atoms with E-state index < -0.39 is 0 Å². The molecule has 22 rings (SSSR count). The van der Waals surface area contributed by atoms with Crippen molar-refractivity contribution in [3.05, 3.63) is 94.7 Å². The van der Waals surface area contributed by atoms with Gasteiger partial charge in [-0.25, -0.2) is 0 Å². The molecule has 13 saturated carbocycles. The maximum atomic E-state index is 12.2. The zero-order valence-corrected chi connectivity index (χ0v) is 96.6. The minimum absolute atomic E-state index is 0.134. The molecule has 146 heavy (non-hydrogen) atoms. The van der Waals surface area contributed by atoms with E-state index in [1.807, 2.05) is 65.8 Å². The van der Waals surface area contributed by atoms with E-state index in [0.717, 1.165) is 180 Å². The lowest BCUT2D eigenvalue weighted by molar-refractivity contribution is -0.169. The quantitative estimate of drug-likeness (QED) is 0.0759. The number of carbonyl (C=O) groups excluding carboxylic acids is 8. The predicted molar refractivity (Wildman–Crippen MR) is 591 cm³/mol. The van der Waals surface area contributed by atoms with Crippen molar-refractivity contribution >= 4 is 46.3 Å². The molecule has 11 nitrogen and oxygen atoms in total. The normalized spacial score (nSPS) is 45.6. The first-order valence-electron chi connectivity index (χ1n) is 61.6. The molecule has 1 N–H and O–H groups in total. The highest BCUT2D eigenvalue weighted by Crippen LogP contribution is 2.76. The van der Waals surface area contributed by atoms with Crippen LogP contribution < -0.4 is 0 Å². The van der Waals surface area contributed by atoms with Crippen LogP contribution in [0, 0.1) is 226 Å². The topological polar surface area (TPSA) is 182 Å². The van der Waals surface area contributed by atoms with Gasteiger partial charge in [0.2, 0.25) is 0 Å². The Morgan fingerprint density at radius 3 is 1.08 bits per heavy atom. The predicted octanol–water partition coefficient (Wildman–Crippen LogP) is 31.9. The third-order valence-corrected chi connectivity index (χ3v) is 50.8. The highest BCUT2D eigenvalue weighted by molar-refractivity contribution is 5.94. The van der Waals surface area contributed by atoms with E-state index in [1.165, 1.54) is 182 Å². The lowest BCUT2D eigenvalue weighted by Gasteiger charge is -2.62. The molecule has 0 aromatic rings. The van der Waals surface area contributed by atoms with Crippen molar-refractivity contribution in [1.29, 1.82) is 0 Å². The minimum Gasteiger partial charge on any atom is -0.393 e. The van der Waals surface area contributed by atoms with Crippen molar-refractivity contribution in [2.24, 2.45) is 226 Å². The highest BCUT2D eigenvalue weighted by Gasteiger charge is 2.71. The van der Waals surface area contributed by atoms with Gasteiger partial charge >= 0.3 is 0 Å². The van der Waals surface area contributed by atoms with Crippen LogP contribution >= 0.6 is 0 Å². The summed E-state index contributed by atoms with van der Waals surface area (Å²) < 4.78 is 12.2. The van der Waals surface area contributed by atoms with Gasteiger partial charge in [0.1, 0.15) is 29.2 Å². The summed E-state index contributed by atoms with van der Waals surface area (Å²) in [6, 6.07) is 0. The van der Waals surface area contributed by atoms with E-state index in [0.29, 0.717) is 175 Å². The average Bonchev–Trinajstić information content (AvgIpc) is 1.52. The van der Waals surface area contributed by atoms with Crippen molar-refractivity contribution in [2.75, 3.05) is 0 Å². The van der Waals surface area contributed by atoms with Gasteiger partial charge in [-0.3, -0.25) is 38.4 Å². The molecule has 22 aliphatic rings. The van der Waals surface area contributed by atoms with Crippen molar-refractivity contribution in [2.45, 2.75) is 473 Å². The summed E-state index contributed by atoms with van der Waals surface area (Å²) in [7, 11) is 0. The Morgan fingerprint density at radius 2 is 0.699 bits per heavy atom. The van der Waals surface area contributed by atoms with Crippen LogP contribution in [-0.4, -0.2) is 81.4 Å². The molecule has 0 aromatic carbocycles. The van der Waals surface area contributed by atoms with Crippen LogP contribution in [0.25, 0.3) is 0 Å². The first-order valence-corrected chi connectivity index (χ1v) is 61.6. The van der Waals surface area contributed by atoms with Crippen LogP contribution in [0.3, 0.4) is 0 Å². The molecule has 11 heteroatoms. The van der Waals surface area contributed by atoms with Gasteiger partial charge in [0.05, 0.1) is 23.9 Å². The molecule has 0 spiro atoms. The number of carbonyl (C=O) groups is 8. The minimum atomic E-state index is -0.236. The average molecular weight is 2000 g/mol. The smallest absolute Gasteiger partial charge is 0.156 e. The molecule has 0 bridgehead atoms. The van der Waals surface area contributed by atoms with E-state index in [9.17, 15) is 43.5 Å². The second kappa shape index (κ2) is 42.0. The largest absolute Gasteiger partial charge is 0.393 e. The molecule has 2 aliphatic heterocycles. The van der Waals surface area contributed by atoms with Gasteiger partial charge in [-0.2, -0.15) is 0 Å². The van der Waals surface area contributed by atoms with Crippen LogP contribution in [0.15, 0.2) is 94.7 Å². The molecule has 0 amide bonds. The maximum absolute atomic E-state index is 12.2. The third-order valence-electron chi connectivity index (χ3n) is 50.8. The highest BCUT2D eigenvalue weighted by atomic mass is 16.6. The van der Waals surface area contributed by atoms with Crippen LogP contribution in [0.2, 0.25) is 0 Å². The molecular weight excluding hydrogens is 1800 g/mol. The number of allylic oxidation sites excluding steroid dienone is 14. The lowest BCUT2D eigenvalue weighted by Crippen LogP contribution is -2.58. The Balaban J connectivity index is 0.000000120. The zero-order chi connectivity index (χ0) is 105. The Kier molecular flexibility index (Phi) is 31.9. The first-order chi connectivity index (χ1) is 68.8. The van der Waals surface area contributed by atoms with E-state index in [-0.39, 0.29) is 62.6 Å². The fourth-order valence-corrected chi connectivity index (χ4v) is 41.5. The summed E-state index contributed by atoms with van der Waals surface area (Å²) in [4.78, 5) is 96.8. The fraction of sp³-hybridized carbons (Fsp3) is 0.822. The van der Waals surface area contributed by atoms with Crippen molar-refractivity contribution in [1.82, 2.24) is 0 Å². The molecule has 0 radical (unpaired) electrons. The van der Waals surface area contributed by atoms with Gasteiger partial charge in [-0.15, -0.1) is 0 Å². The molecular formula is C135H204O11. The van der Waals surface area contributed by atoms with Crippen LogP contribution in [-0.2, 0) is 47.8 Å². The van der Waals surface area contributed by atoms with E-state index >= 15 is 0 Å². The summed E-state index contributed by atoms with van der Waals surface area (Å²) in [5.41, 5.74) is 10.1. The number of hydrogen-bond acceptors (Lipinski definition) is 11. The Labute approximate surface area is 886 Å². The summed E-state index contributed by atoms with van der Waals surface area (Å²) in [6.45, 7) is 58.4. The Morgan fingerprint density at radius 1 is 0.370 bits per heavy atom. The second-order valence-electron chi connectivity index (χ2n) is 59.4. The number of ketones is 8. The van der Waals surface area contributed by atoms with Crippen LogP contribution in [0.4, 0.5) is 0 Å². The summed E-state index contributed by atoms with van der Waals surface area (Å²) >= 11 is 0. The van der Waals surface area contributed by atoms with Gasteiger partial charge in [-0.1, -0.05) is 194 Å². The molecule has 810 valence electrons. The van der Waals surface area contributed by atoms with Gasteiger partial charge in [0, 0.05) is 75.5 Å². The van der Waals surface area contributed by atoms with E-state index in [2.05, 4.69) is 174 Å². The molecule has 0 aromatic heterocycles. The van der Waals surface area contributed by atoms with Gasteiger partial charge < -0.3 is 14.6 Å². The molecule has 15 fully saturated rings. The van der Waals surface area contributed by atoms with Gasteiger partial charge in [-0.05, 0) is 494 Å². The third kappa shape index (κ3) is 20.0. The number of aliphatic hydroxyl groups is 1. The fourth-order valence-electron chi connectivity index (χ4n) is 41.5. The number of Topliss-reactive ketones (excluding diaryl/α,β-unsaturated/α-hetero) is 4. The number of epoxide rings is 2. The van der Waals surface area contributed by atoms with Gasteiger partial charge in [0.25, 0.3) is 0 Å². The maximum Gasteiger partial charge on any atom is 0.156 e. The van der Waals surface area contributed by atoms with Gasteiger partial charge in [0.15, 0.2) is 23.1 Å². The van der Waals surface area contributed by atoms with E-state index in [1.54, 1.807) is 0 Å². The zero-order valence-electron chi connectivity index (χ0n) is 96.6. The van der Waals surface area contributed by atoms with Crippen molar-refractivity contribution in [3.63, 3.8) is 0 Å².